The lowest BCUT2D eigenvalue weighted by atomic mass is 10.0. The van der Waals surface area contributed by atoms with E-state index in [1.165, 1.54) is 0 Å². The van der Waals surface area contributed by atoms with Crippen LogP contribution in [0.25, 0.3) is 0 Å². The van der Waals surface area contributed by atoms with Crippen LogP contribution in [0.2, 0.25) is 0 Å². The molecule has 0 fully saturated rings. The number of anilines is 1. The van der Waals surface area contributed by atoms with E-state index in [1.807, 2.05) is 18.2 Å². The summed E-state index contributed by atoms with van der Waals surface area (Å²) in [4.78, 5) is 12.4. The molecule has 0 spiro atoms. The maximum atomic E-state index is 12.4. The minimum absolute atomic E-state index is 0.0520. The van der Waals surface area contributed by atoms with Crippen LogP contribution >= 0.6 is 0 Å². The summed E-state index contributed by atoms with van der Waals surface area (Å²) in [5.74, 6) is -0.0556. The lowest BCUT2D eigenvalue weighted by molar-refractivity contribution is 0.0934. The zero-order valence-corrected chi connectivity index (χ0v) is 12.4. The van der Waals surface area contributed by atoms with Gasteiger partial charge in [-0.3, -0.25) is 4.79 Å². The van der Waals surface area contributed by atoms with Gasteiger partial charge in [-0.15, -0.1) is 0 Å². The van der Waals surface area contributed by atoms with Gasteiger partial charge in [-0.05, 0) is 36.2 Å². The zero-order chi connectivity index (χ0) is 15.1. The van der Waals surface area contributed by atoms with Crippen molar-refractivity contribution in [1.29, 1.82) is 0 Å². The maximum Gasteiger partial charge on any atom is 0.251 e. The van der Waals surface area contributed by atoms with E-state index in [-0.39, 0.29) is 11.9 Å². The summed E-state index contributed by atoms with van der Waals surface area (Å²) >= 11 is 0. The van der Waals surface area contributed by atoms with E-state index in [9.17, 15) is 4.79 Å². The third kappa shape index (κ3) is 4.35. The van der Waals surface area contributed by atoms with E-state index in [4.69, 9.17) is 5.73 Å². The molecule has 2 aromatic carbocycles. The summed E-state index contributed by atoms with van der Waals surface area (Å²) in [7, 11) is 0. The fourth-order valence-corrected chi connectivity index (χ4v) is 2.29. The highest BCUT2D eigenvalue weighted by Crippen LogP contribution is 2.20. The second-order valence-electron chi connectivity index (χ2n) is 5.20. The largest absolute Gasteiger partial charge is 0.399 e. The number of carbonyl (C=O) groups is 1. The molecule has 0 aliphatic carbocycles. The van der Waals surface area contributed by atoms with E-state index < -0.39 is 0 Å². The molecule has 0 aliphatic rings. The van der Waals surface area contributed by atoms with Crippen LogP contribution in [0.1, 0.15) is 48.1 Å². The summed E-state index contributed by atoms with van der Waals surface area (Å²) < 4.78 is 0. The Morgan fingerprint density at radius 2 is 1.76 bits per heavy atom. The minimum Gasteiger partial charge on any atom is -0.399 e. The van der Waals surface area contributed by atoms with Crippen LogP contribution in [0.15, 0.2) is 54.6 Å². The Hall–Kier alpha value is -2.29. The van der Waals surface area contributed by atoms with Crippen molar-refractivity contribution in [2.24, 2.45) is 0 Å². The van der Waals surface area contributed by atoms with Crippen molar-refractivity contribution in [2.45, 2.75) is 32.2 Å². The van der Waals surface area contributed by atoms with Gasteiger partial charge in [-0.2, -0.15) is 0 Å². The number of nitrogen functional groups attached to an aromatic ring is 1. The molecule has 0 bridgehead atoms. The van der Waals surface area contributed by atoms with Crippen molar-refractivity contribution < 1.29 is 4.79 Å². The van der Waals surface area contributed by atoms with E-state index in [0.29, 0.717) is 11.3 Å². The van der Waals surface area contributed by atoms with Gasteiger partial charge in [0.1, 0.15) is 0 Å². The molecule has 3 N–H and O–H groups in total. The van der Waals surface area contributed by atoms with E-state index in [1.54, 1.807) is 24.3 Å². The molecular weight excluding hydrogens is 260 g/mol. The number of carbonyl (C=O) groups excluding carboxylic acids is 1. The van der Waals surface area contributed by atoms with Crippen LogP contribution in [0.3, 0.4) is 0 Å². The average molecular weight is 282 g/mol. The topological polar surface area (TPSA) is 55.1 Å². The molecule has 2 rings (SSSR count). The Labute approximate surface area is 126 Å². The van der Waals surface area contributed by atoms with Gasteiger partial charge in [0.2, 0.25) is 0 Å². The smallest absolute Gasteiger partial charge is 0.251 e. The Balaban J connectivity index is 2.11. The van der Waals surface area contributed by atoms with Crippen molar-refractivity contribution >= 4 is 11.6 Å². The second kappa shape index (κ2) is 7.48. The zero-order valence-electron chi connectivity index (χ0n) is 12.4. The first kappa shape index (κ1) is 15.1. The number of unbranched alkanes of at least 4 members (excludes halogenated alkanes) is 1. The van der Waals surface area contributed by atoms with Crippen molar-refractivity contribution in [3.8, 4) is 0 Å². The van der Waals surface area contributed by atoms with Gasteiger partial charge in [0.15, 0.2) is 0 Å². The molecule has 3 nitrogen and oxygen atoms in total. The SMILES string of the molecule is CCCCC(NC(=O)c1ccc(N)cc1)c1ccccc1. The summed E-state index contributed by atoms with van der Waals surface area (Å²) in [5.41, 5.74) is 8.11. The van der Waals surface area contributed by atoms with Gasteiger partial charge < -0.3 is 11.1 Å². The van der Waals surface area contributed by atoms with Gasteiger partial charge in [-0.1, -0.05) is 50.1 Å². The number of nitrogens with one attached hydrogen (secondary N) is 1. The number of amides is 1. The number of nitrogens with two attached hydrogens (primary N) is 1. The molecule has 0 heterocycles. The van der Waals surface area contributed by atoms with Gasteiger partial charge in [0.25, 0.3) is 5.91 Å². The van der Waals surface area contributed by atoms with Crippen molar-refractivity contribution in [1.82, 2.24) is 5.32 Å². The van der Waals surface area contributed by atoms with E-state index in [0.717, 1.165) is 24.8 Å². The fraction of sp³-hybridized carbons (Fsp3) is 0.278. The highest BCUT2D eigenvalue weighted by Gasteiger charge is 2.15. The van der Waals surface area contributed by atoms with Crippen LogP contribution < -0.4 is 11.1 Å². The molecule has 21 heavy (non-hydrogen) atoms. The summed E-state index contributed by atoms with van der Waals surface area (Å²) in [5, 5.41) is 3.12. The van der Waals surface area contributed by atoms with Crippen LogP contribution in [-0.2, 0) is 0 Å². The molecule has 1 amide bonds. The Kier molecular flexibility index (Phi) is 5.38. The Morgan fingerprint density at radius 1 is 1.10 bits per heavy atom. The molecule has 0 saturated heterocycles. The monoisotopic (exact) mass is 282 g/mol. The van der Waals surface area contributed by atoms with Gasteiger partial charge >= 0.3 is 0 Å². The molecule has 0 radical (unpaired) electrons. The lowest BCUT2D eigenvalue weighted by Crippen LogP contribution is -2.28. The second-order valence-corrected chi connectivity index (χ2v) is 5.20. The Morgan fingerprint density at radius 3 is 2.38 bits per heavy atom. The van der Waals surface area contributed by atoms with Gasteiger partial charge in [0, 0.05) is 11.3 Å². The number of rotatable bonds is 6. The van der Waals surface area contributed by atoms with E-state index >= 15 is 0 Å². The average Bonchev–Trinajstić information content (AvgIpc) is 2.52. The van der Waals surface area contributed by atoms with Crippen LogP contribution in [0.5, 0.6) is 0 Å². The van der Waals surface area contributed by atoms with Gasteiger partial charge in [-0.25, -0.2) is 0 Å². The first-order chi connectivity index (χ1) is 10.2. The van der Waals surface area contributed by atoms with Crippen molar-refractivity contribution in [3.05, 3.63) is 65.7 Å². The minimum atomic E-state index is -0.0556. The fourth-order valence-electron chi connectivity index (χ4n) is 2.29. The summed E-state index contributed by atoms with van der Waals surface area (Å²) in [6, 6.07) is 17.2. The van der Waals surface area contributed by atoms with Crippen LogP contribution in [0.4, 0.5) is 5.69 Å². The molecule has 0 saturated carbocycles. The molecule has 1 atom stereocenters. The number of benzene rings is 2. The summed E-state index contributed by atoms with van der Waals surface area (Å²) in [6.07, 6.45) is 3.14. The predicted molar refractivity (Wildman–Crippen MR) is 87.0 cm³/mol. The van der Waals surface area contributed by atoms with E-state index in [2.05, 4.69) is 24.4 Å². The van der Waals surface area contributed by atoms with Crippen molar-refractivity contribution in [3.63, 3.8) is 0 Å². The molecule has 0 aromatic heterocycles. The first-order valence-corrected chi connectivity index (χ1v) is 7.42. The third-order valence-corrected chi connectivity index (χ3v) is 3.53. The summed E-state index contributed by atoms with van der Waals surface area (Å²) in [6.45, 7) is 2.16. The third-order valence-electron chi connectivity index (χ3n) is 3.53. The molecule has 3 heteroatoms. The first-order valence-electron chi connectivity index (χ1n) is 7.42. The number of hydrogen-bond acceptors (Lipinski definition) is 2. The normalized spacial score (nSPS) is 11.9. The Bertz CT molecular complexity index is 564. The van der Waals surface area contributed by atoms with Crippen LogP contribution in [-0.4, -0.2) is 5.91 Å². The molecule has 110 valence electrons. The highest BCUT2D eigenvalue weighted by atomic mass is 16.1. The number of hydrogen-bond donors (Lipinski definition) is 2. The lowest BCUT2D eigenvalue weighted by Gasteiger charge is -2.19. The predicted octanol–water partition coefficient (Wildman–Crippen LogP) is 3.93. The molecule has 1 unspecified atom stereocenters. The van der Waals surface area contributed by atoms with Crippen molar-refractivity contribution in [2.75, 3.05) is 5.73 Å². The van der Waals surface area contributed by atoms with Gasteiger partial charge in [0.05, 0.1) is 6.04 Å². The quantitative estimate of drug-likeness (QED) is 0.789. The maximum absolute atomic E-state index is 12.4. The molecule has 2 aromatic rings. The molecule has 0 aliphatic heterocycles. The highest BCUT2D eigenvalue weighted by molar-refractivity contribution is 5.94. The molecular formula is C18H22N2O. The van der Waals surface area contributed by atoms with Crippen LogP contribution in [0, 0.1) is 0 Å². The standard InChI is InChI=1S/C18H22N2O/c1-2-3-9-17(14-7-5-4-6-8-14)20-18(21)15-10-12-16(19)13-11-15/h4-8,10-13,17H,2-3,9,19H2,1H3,(H,20,21).